The van der Waals surface area contributed by atoms with Crippen LogP contribution in [0.3, 0.4) is 0 Å². The lowest BCUT2D eigenvalue weighted by atomic mass is 9.67. The molecule has 6 heteroatoms. The Bertz CT molecular complexity index is 523. The molecule has 0 N–H and O–H groups in total. The van der Waals surface area contributed by atoms with E-state index < -0.39 is 0 Å². The van der Waals surface area contributed by atoms with Crippen molar-refractivity contribution < 1.29 is 14.1 Å². The minimum absolute atomic E-state index is 0.132. The molecule has 2 amide bonds. The highest BCUT2D eigenvalue weighted by molar-refractivity contribution is 6.47. The molecule has 0 aromatic heterocycles. The van der Waals surface area contributed by atoms with Gasteiger partial charge in [0, 0.05) is 25.2 Å². The van der Waals surface area contributed by atoms with E-state index in [0.717, 1.165) is 32.5 Å². The van der Waals surface area contributed by atoms with Gasteiger partial charge in [0.2, 0.25) is 0 Å². The molecule has 3 aliphatic heterocycles. The highest BCUT2D eigenvalue weighted by atomic mass is 16.7. The Kier molecular flexibility index (Phi) is 4.15. The van der Waals surface area contributed by atoms with E-state index in [1.165, 1.54) is 32.1 Å². The van der Waals surface area contributed by atoms with Crippen molar-refractivity contribution in [1.29, 1.82) is 0 Å². The van der Waals surface area contributed by atoms with Gasteiger partial charge in [-0.15, -0.1) is 0 Å². The summed E-state index contributed by atoms with van der Waals surface area (Å²) in [4.78, 5) is 17.3. The molecule has 3 saturated heterocycles. The largest absolute Gasteiger partial charge is 0.461 e. The van der Waals surface area contributed by atoms with Gasteiger partial charge < -0.3 is 19.1 Å². The number of hydrogen-bond donors (Lipinski definition) is 0. The molecule has 1 aliphatic carbocycles. The smallest absolute Gasteiger partial charge is 0.403 e. The quantitative estimate of drug-likeness (QED) is 0.679. The lowest BCUT2D eigenvalue weighted by molar-refractivity contribution is 0.00578. The highest BCUT2D eigenvalue weighted by Crippen LogP contribution is 2.46. The second-order valence-electron chi connectivity index (χ2n) is 9.56. The van der Waals surface area contributed by atoms with Crippen molar-refractivity contribution in [3.8, 4) is 0 Å². The summed E-state index contributed by atoms with van der Waals surface area (Å²) in [6.45, 7) is 11.1. The minimum Gasteiger partial charge on any atom is -0.403 e. The van der Waals surface area contributed by atoms with E-state index in [-0.39, 0.29) is 29.9 Å². The zero-order chi connectivity index (χ0) is 17.9. The molecule has 0 aromatic carbocycles. The van der Waals surface area contributed by atoms with Crippen molar-refractivity contribution in [3.63, 3.8) is 0 Å². The number of amides is 2. The zero-order valence-corrected chi connectivity index (χ0v) is 16.3. The fourth-order valence-corrected chi connectivity index (χ4v) is 4.96. The zero-order valence-electron chi connectivity index (χ0n) is 16.3. The molecule has 25 heavy (non-hydrogen) atoms. The average molecular weight is 348 g/mol. The molecule has 0 bridgehead atoms. The van der Waals surface area contributed by atoms with Crippen molar-refractivity contribution in [2.45, 2.75) is 95.2 Å². The third kappa shape index (κ3) is 2.80. The molecule has 4 aliphatic rings. The molecule has 140 valence electrons. The Balaban J connectivity index is 1.34. The van der Waals surface area contributed by atoms with Crippen LogP contribution in [0.15, 0.2) is 0 Å². The summed E-state index contributed by atoms with van der Waals surface area (Å²) in [5.41, 5.74) is -0.312. The van der Waals surface area contributed by atoms with Crippen LogP contribution >= 0.6 is 0 Å². The third-order valence-electron chi connectivity index (χ3n) is 7.58. The summed E-state index contributed by atoms with van der Waals surface area (Å²) in [5.74, 6) is 0.390. The van der Waals surface area contributed by atoms with Crippen LogP contribution in [-0.2, 0) is 9.31 Å². The summed E-state index contributed by atoms with van der Waals surface area (Å²) >= 11 is 0. The van der Waals surface area contributed by atoms with Gasteiger partial charge in [-0.3, -0.25) is 0 Å². The predicted molar refractivity (Wildman–Crippen MR) is 98.6 cm³/mol. The SMILES string of the molecule is CC1(C)OB(C2CCN(C(=O)N3CCCC34CCC4)CC2)OC1(C)C. The summed E-state index contributed by atoms with van der Waals surface area (Å²) in [7, 11) is -0.132. The number of urea groups is 1. The van der Waals surface area contributed by atoms with Crippen molar-refractivity contribution in [3.05, 3.63) is 0 Å². The van der Waals surface area contributed by atoms with Crippen molar-refractivity contribution in [2.24, 2.45) is 0 Å². The maximum Gasteiger partial charge on any atom is 0.461 e. The lowest BCUT2D eigenvalue weighted by Crippen LogP contribution is -2.57. The normalized spacial score (nSPS) is 30.8. The van der Waals surface area contributed by atoms with Crippen LogP contribution in [0, 0.1) is 0 Å². The molecular weight excluding hydrogens is 315 g/mol. The van der Waals surface area contributed by atoms with E-state index >= 15 is 0 Å². The molecule has 4 fully saturated rings. The number of rotatable bonds is 1. The first-order valence-corrected chi connectivity index (χ1v) is 10.2. The number of hydrogen-bond acceptors (Lipinski definition) is 3. The molecule has 0 radical (unpaired) electrons. The Hall–Kier alpha value is -0.745. The average Bonchev–Trinajstić information content (AvgIpc) is 3.06. The summed E-state index contributed by atoms with van der Waals surface area (Å²) in [6, 6.07) is 0.282. The predicted octanol–water partition coefficient (Wildman–Crippen LogP) is 3.68. The van der Waals surface area contributed by atoms with Crippen LogP contribution in [-0.4, -0.2) is 59.3 Å². The third-order valence-corrected chi connectivity index (χ3v) is 7.58. The minimum atomic E-state index is -0.267. The van der Waals surface area contributed by atoms with Gasteiger partial charge in [0.15, 0.2) is 0 Å². The fourth-order valence-electron chi connectivity index (χ4n) is 4.96. The maximum atomic E-state index is 13.0. The summed E-state index contributed by atoms with van der Waals surface area (Å²) in [5, 5.41) is 0. The standard InChI is InChI=1S/C19H33BN2O3/c1-17(2)18(3,4)25-20(24-17)15-7-13-21(14-8-15)16(23)22-12-6-11-19(22)9-5-10-19/h15H,5-14H2,1-4H3. The first kappa shape index (κ1) is 17.7. The Labute approximate surface area is 152 Å². The maximum absolute atomic E-state index is 13.0. The van der Waals surface area contributed by atoms with Crippen LogP contribution in [0.1, 0.15) is 72.6 Å². The molecule has 0 aromatic rings. The van der Waals surface area contributed by atoms with Crippen LogP contribution in [0.5, 0.6) is 0 Å². The molecule has 1 spiro atoms. The van der Waals surface area contributed by atoms with Crippen molar-refractivity contribution >= 4 is 13.1 Å². The molecule has 4 rings (SSSR count). The van der Waals surface area contributed by atoms with E-state index in [2.05, 4.69) is 37.5 Å². The number of carbonyl (C=O) groups excluding carboxylic acids is 1. The number of carbonyl (C=O) groups is 1. The van der Waals surface area contributed by atoms with Gasteiger partial charge >= 0.3 is 13.1 Å². The first-order chi connectivity index (χ1) is 11.7. The summed E-state index contributed by atoms with van der Waals surface area (Å²) in [6.07, 6.45) is 8.05. The van der Waals surface area contributed by atoms with Crippen molar-refractivity contribution in [2.75, 3.05) is 19.6 Å². The van der Waals surface area contributed by atoms with E-state index in [0.29, 0.717) is 5.82 Å². The summed E-state index contributed by atoms with van der Waals surface area (Å²) < 4.78 is 12.4. The Morgan fingerprint density at radius 1 is 0.920 bits per heavy atom. The molecule has 1 saturated carbocycles. The first-order valence-electron chi connectivity index (χ1n) is 10.2. The van der Waals surface area contributed by atoms with Gasteiger partial charge in [0.25, 0.3) is 0 Å². The second-order valence-corrected chi connectivity index (χ2v) is 9.56. The topological polar surface area (TPSA) is 42.0 Å². The Morgan fingerprint density at radius 3 is 2.00 bits per heavy atom. The highest BCUT2D eigenvalue weighted by Gasteiger charge is 2.54. The molecule has 3 heterocycles. The molecule has 5 nitrogen and oxygen atoms in total. The van der Waals surface area contributed by atoms with Gasteiger partial charge in [-0.25, -0.2) is 4.79 Å². The monoisotopic (exact) mass is 348 g/mol. The second kappa shape index (κ2) is 5.88. The van der Waals surface area contributed by atoms with Gasteiger partial charge in [-0.1, -0.05) is 0 Å². The van der Waals surface area contributed by atoms with Gasteiger partial charge in [0.05, 0.1) is 11.2 Å². The van der Waals surface area contributed by atoms with E-state index in [1.807, 2.05) is 0 Å². The number of nitrogens with zero attached hydrogens (tertiary/aromatic N) is 2. The van der Waals surface area contributed by atoms with E-state index in [1.54, 1.807) is 0 Å². The number of likely N-dealkylation sites (tertiary alicyclic amines) is 2. The van der Waals surface area contributed by atoms with Crippen LogP contribution in [0.25, 0.3) is 0 Å². The molecule has 0 unspecified atom stereocenters. The fraction of sp³-hybridized carbons (Fsp3) is 0.947. The van der Waals surface area contributed by atoms with E-state index in [4.69, 9.17) is 9.31 Å². The molecule has 0 atom stereocenters. The van der Waals surface area contributed by atoms with Crippen LogP contribution in [0.2, 0.25) is 5.82 Å². The van der Waals surface area contributed by atoms with Gasteiger partial charge in [-0.05, 0) is 78.5 Å². The lowest BCUT2D eigenvalue weighted by Gasteiger charge is -2.48. The van der Waals surface area contributed by atoms with Gasteiger partial charge in [-0.2, -0.15) is 0 Å². The van der Waals surface area contributed by atoms with Crippen LogP contribution in [0.4, 0.5) is 4.79 Å². The van der Waals surface area contributed by atoms with E-state index in [9.17, 15) is 4.79 Å². The van der Waals surface area contributed by atoms with Crippen molar-refractivity contribution in [1.82, 2.24) is 9.80 Å². The number of piperidine rings is 1. The molecular formula is C19H33BN2O3. The van der Waals surface area contributed by atoms with Crippen LogP contribution < -0.4 is 0 Å². The Morgan fingerprint density at radius 2 is 1.48 bits per heavy atom. The van der Waals surface area contributed by atoms with Gasteiger partial charge in [0.1, 0.15) is 0 Å².